The molecule has 0 aromatic carbocycles. The van der Waals surface area contributed by atoms with Crippen LogP contribution in [0.3, 0.4) is 0 Å². The van der Waals surface area contributed by atoms with Gasteiger partial charge >= 0.3 is 5.97 Å². The zero-order valence-electron chi connectivity index (χ0n) is 10.8. The first-order valence-corrected chi connectivity index (χ1v) is 5.98. The van der Waals surface area contributed by atoms with Crippen LogP contribution in [-0.4, -0.2) is 34.3 Å². The molecule has 1 aromatic heterocycles. The third kappa shape index (κ3) is 4.33. The summed E-state index contributed by atoms with van der Waals surface area (Å²) in [4.78, 5) is 14.9. The van der Waals surface area contributed by atoms with E-state index in [4.69, 9.17) is 10.2 Å². The fourth-order valence-electron chi connectivity index (χ4n) is 1.70. The fraction of sp³-hybridized carbons (Fsp3) is 0.538. The topological polar surface area (TPSA) is 82.5 Å². The molecule has 5 heteroatoms. The van der Waals surface area contributed by atoms with Gasteiger partial charge in [-0.3, -0.25) is 4.98 Å². The van der Waals surface area contributed by atoms with Gasteiger partial charge in [-0.1, -0.05) is 13.8 Å². The molecule has 5 nitrogen and oxygen atoms in total. The van der Waals surface area contributed by atoms with Gasteiger partial charge in [-0.15, -0.1) is 0 Å². The molecule has 0 bridgehead atoms. The Kier molecular flexibility index (Phi) is 5.09. The Balaban J connectivity index is 2.65. The third-order valence-corrected chi connectivity index (χ3v) is 2.82. The molecule has 0 aliphatic rings. The molecule has 3 N–H and O–H groups in total. The second-order valence-corrected chi connectivity index (χ2v) is 5.07. The van der Waals surface area contributed by atoms with Crippen LogP contribution in [0.1, 0.15) is 37.0 Å². The SMILES string of the molecule is CC(C)(CCCO)CNc1cnccc1C(=O)O. The molecule has 0 amide bonds. The van der Waals surface area contributed by atoms with Gasteiger partial charge in [-0.05, 0) is 24.3 Å². The van der Waals surface area contributed by atoms with E-state index in [1.165, 1.54) is 18.5 Å². The van der Waals surface area contributed by atoms with Crippen LogP contribution in [-0.2, 0) is 0 Å². The van der Waals surface area contributed by atoms with Crippen molar-refractivity contribution in [3.05, 3.63) is 24.0 Å². The number of aromatic nitrogens is 1. The van der Waals surface area contributed by atoms with Crippen LogP contribution in [0.5, 0.6) is 0 Å². The summed E-state index contributed by atoms with van der Waals surface area (Å²) in [6.45, 7) is 4.97. The standard InChI is InChI=1S/C13H20N2O3/c1-13(2,5-3-7-16)9-15-11-8-14-6-4-10(11)12(17)18/h4,6,8,15-16H,3,5,7,9H2,1-2H3,(H,17,18). The zero-order chi connectivity index (χ0) is 13.6. The molecule has 100 valence electrons. The lowest BCUT2D eigenvalue weighted by Gasteiger charge is -2.25. The lowest BCUT2D eigenvalue weighted by molar-refractivity contribution is 0.0697. The molecule has 0 atom stereocenters. The van der Waals surface area contributed by atoms with Crippen LogP contribution in [0.15, 0.2) is 18.5 Å². The monoisotopic (exact) mass is 252 g/mol. The average molecular weight is 252 g/mol. The predicted molar refractivity (Wildman–Crippen MR) is 69.8 cm³/mol. The van der Waals surface area contributed by atoms with Crippen LogP contribution < -0.4 is 5.32 Å². The number of anilines is 1. The van der Waals surface area contributed by atoms with E-state index in [0.717, 1.165) is 12.8 Å². The number of carbonyl (C=O) groups is 1. The van der Waals surface area contributed by atoms with Crippen molar-refractivity contribution in [1.29, 1.82) is 0 Å². The van der Waals surface area contributed by atoms with Crippen LogP contribution in [0.25, 0.3) is 0 Å². The summed E-state index contributed by atoms with van der Waals surface area (Å²) in [7, 11) is 0. The number of aromatic carboxylic acids is 1. The highest BCUT2D eigenvalue weighted by atomic mass is 16.4. The maximum absolute atomic E-state index is 11.0. The Bertz CT molecular complexity index is 405. The highest BCUT2D eigenvalue weighted by Crippen LogP contribution is 2.23. The number of hydrogen-bond donors (Lipinski definition) is 3. The normalized spacial score (nSPS) is 11.3. The Morgan fingerprint density at radius 2 is 2.22 bits per heavy atom. The van der Waals surface area contributed by atoms with E-state index < -0.39 is 5.97 Å². The molecule has 0 aliphatic heterocycles. The minimum absolute atomic E-state index is 0.00561. The first-order valence-electron chi connectivity index (χ1n) is 5.98. The molecule has 1 rings (SSSR count). The number of rotatable bonds is 7. The van der Waals surface area contributed by atoms with Crippen molar-refractivity contribution >= 4 is 11.7 Å². The van der Waals surface area contributed by atoms with Crippen molar-refractivity contribution in [2.45, 2.75) is 26.7 Å². The van der Waals surface area contributed by atoms with Crippen molar-refractivity contribution < 1.29 is 15.0 Å². The van der Waals surface area contributed by atoms with Gasteiger partial charge in [-0.2, -0.15) is 0 Å². The molecule has 1 heterocycles. The van der Waals surface area contributed by atoms with Gasteiger partial charge in [0.1, 0.15) is 0 Å². The van der Waals surface area contributed by atoms with Crippen LogP contribution in [0.4, 0.5) is 5.69 Å². The molecule has 0 aliphatic carbocycles. The van der Waals surface area contributed by atoms with Crippen LogP contribution in [0, 0.1) is 5.41 Å². The minimum Gasteiger partial charge on any atom is -0.478 e. The third-order valence-electron chi connectivity index (χ3n) is 2.82. The molecule has 18 heavy (non-hydrogen) atoms. The first kappa shape index (κ1) is 14.4. The van der Waals surface area contributed by atoms with Crippen molar-refractivity contribution in [3.63, 3.8) is 0 Å². The van der Waals surface area contributed by atoms with Gasteiger partial charge in [0.15, 0.2) is 0 Å². The second-order valence-electron chi connectivity index (χ2n) is 5.07. The predicted octanol–water partition coefficient (Wildman–Crippen LogP) is 1.99. The van der Waals surface area contributed by atoms with Gasteiger partial charge in [0.25, 0.3) is 0 Å². The Labute approximate surface area is 107 Å². The molecule has 0 unspecified atom stereocenters. The molecule has 0 fully saturated rings. The summed E-state index contributed by atoms with van der Waals surface area (Å²) in [6, 6.07) is 1.48. The van der Waals surface area contributed by atoms with Gasteiger partial charge in [0, 0.05) is 19.3 Å². The molecule has 0 radical (unpaired) electrons. The minimum atomic E-state index is -0.965. The van der Waals surface area contributed by atoms with Crippen molar-refractivity contribution in [2.75, 3.05) is 18.5 Å². The molecular weight excluding hydrogens is 232 g/mol. The van der Waals surface area contributed by atoms with Gasteiger partial charge in [-0.25, -0.2) is 4.79 Å². The van der Waals surface area contributed by atoms with E-state index in [1.54, 1.807) is 0 Å². The smallest absolute Gasteiger partial charge is 0.337 e. The molecule has 0 saturated carbocycles. The lowest BCUT2D eigenvalue weighted by Crippen LogP contribution is -2.24. The highest BCUT2D eigenvalue weighted by Gasteiger charge is 2.18. The molecule has 0 saturated heterocycles. The van der Waals surface area contributed by atoms with Crippen molar-refractivity contribution in [1.82, 2.24) is 4.98 Å². The maximum Gasteiger partial charge on any atom is 0.337 e. The first-order chi connectivity index (χ1) is 8.46. The Morgan fingerprint density at radius 1 is 1.50 bits per heavy atom. The van der Waals surface area contributed by atoms with E-state index >= 15 is 0 Å². The number of carboxylic acids is 1. The zero-order valence-corrected chi connectivity index (χ0v) is 10.8. The van der Waals surface area contributed by atoms with E-state index in [1.807, 2.05) is 0 Å². The molecule has 0 spiro atoms. The maximum atomic E-state index is 11.0. The number of nitrogens with zero attached hydrogens (tertiary/aromatic N) is 1. The molecule has 1 aromatic rings. The van der Waals surface area contributed by atoms with Gasteiger partial charge in [0.05, 0.1) is 17.4 Å². The average Bonchev–Trinajstić information content (AvgIpc) is 2.34. The molecular formula is C13H20N2O3. The largest absolute Gasteiger partial charge is 0.478 e. The highest BCUT2D eigenvalue weighted by molar-refractivity contribution is 5.93. The Morgan fingerprint density at radius 3 is 2.83 bits per heavy atom. The summed E-state index contributed by atoms with van der Waals surface area (Å²) in [5.41, 5.74) is 0.749. The number of nitrogens with one attached hydrogen (secondary N) is 1. The summed E-state index contributed by atoms with van der Waals surface area (Å²) in [5, 5.41) is 21.0. The number of aliphatic hydroxyl groups is 1. The summed E-state index contributed by atoms with van der Waals surface area (Å²) >= 11 is 0. The van der Waals surface area contributed by atoms with Crippen LogP contribution >= 0.6 is 0 Å². The van der Waals surface area contributed by atoms with Gasteiger partial charge in [0.2, 0.25) is 0 Å². The summed E-state index contributed by atoms with van der Waals surface area (Å²) in [5.74, 6) is -0.965. The number of pyridine rings is 1. The van der Waals surface area contributed by atoms with Crippen molar-refractivity contribution in [3.8, 4) is 0 Å². The quantitative estimate of drug-likeness (QED) is 0.691. The van der Waals surface area contributed by atoms with E-state index in [9.17, 15) is 4.79 Å². The number of aliphatic hydroxyl groups excluding tert-OH is 1. The van der Waals surface area contributed by atoms with Crippen LogP contribution in [0.2, 0.25) is 0 Å². The van der Waals surface area contributed by atoms with E-state index in [-0.39, 0.29) is 17.6 Å². The fourth-order valence-corrected chi connectivity index (χ4v) is 1.70. The second kappa shape index (κ2) is 6.35. The number of carboxylic acid groups (broad SMARTS) is 1. The van der Waals surface area contributed by atoms with Gasteiger partial charge < -0.3 is 15.5 Å². The van der Waals surface area contributed by atoms with E-state index in [0.29, 0.717) is 12.2 Å². The Hall–Kier alpha value is -1.62. The van der Waals surface area contributed by atoms with E-state index in [2.05, 4.69) is 24.1 Å². The number of hydrogen-bond acceptors (Lipinski definition) is 4. The summed E-state index contributed by atoms with van der Waals surface area (Å²) in [6.07, 6.45) is 4.60. The summed E-state index contributed by atoms with van der Waals surface area (Å²) < 4.78 is 0. The lowest BCUT2D eigenvalue weighted by atomic mass is 9.88. The van der Waals surface area contributed by atoms with Crippen molar-refractivity contribution in [2.24, 2.45) is 5.41 Å².